The monoisotopic (exact) mass is 357 g/mol. The zero-order chi connectivity index (χ0) is 17.0. The smallest absolute Gasteiger partial charge is 0.194 e. The van der Waals surface area contributed by atoms with Gasteiger partial charge in [0.1, 0.15) is 0 Å². The molecule has 0 aromatic heterocycles. The van der Waals surface area contributed by atoms with E-state index in [1.54, 1.807) is 0 Å². The number of likely N-dealkylation sites (tertiary alicyclic amines) is 1. The Hall–Kier alpha value is -0.820. The van der Waals surface area contributed by atoms with Crippen molar-refractivity contribution in [2.75, 3.05) is 44.3 Å². The summed E-state index contributed by atoms with van der Waals surface area (Å²) in [4.78, 5) is 7.14. The predicted molar refractivity (Wildman–Crippen MR) is 96.0 cm³/mol. The summed E-state index contributed by atoms with van der Waals surface area (Å²) in [6.07, 6.45) is 5.75. The van der Waals surface area contributed by atoms with Crippen LogP contribution < -0.4 is 5.32 Å². The van der Waals surface area contributed by atoms with Crippen LogP contribution in [-0.4, -0.2) is 69.7 Å². The molecule has 0 aromatic carbocycles. The van der Waals surface area contributed by atoms with Crippen LogP contribution in [0.15, 0.2) is 4.99 Å². The molecule has 3 aliphatic rings. The highest BCUT2D eigenvalue weighted by molar-refractivity contribution is 7.91. The summed E-state index contributed by atoms with van der Waals surface area (Å²) in [5.74, 6) is 2.43. The first kappa shape index (κ1) is 18.0. The molecular formula is C17H31N3O3S. The summed E-state index contributed by atoms with van der Waals surface area (Å²) in [5.41, 5.74) is 0. The van der Waals surface area contributed by atoms with Crippen LogP contribution in [0.3, 0.4) is 0 Å². The lowest BCUT2D eigenvalue weighted by molar-refractivity contribution is 0.112. The summed E-state index contributed by atoms with van der Waals surface area (Å²) in [7, 11) is -2.83. The second-order valence-electron chi connectivity index (χ2n) is 7.64. The number of rotatable bonds is 4. The topological polar surface area (TPSA) is 71.0 Å². The van der Waals surface area contributed by atoms with Crippen LogP contribution in [0.25, 0.3) is 0 Å². The summed E-state index contributed by atoms with van der Waals surface area (Å²) >= 11 is 0. The quantitative estimate of drug-likeness (QED) is 0.606. The van der Waals surface area contributed by atoms with E-state index in [0.717, 1.165) is 51.5 Å². The molecule has 0 bridgehead atoms. The highest BCUT2D eigenvalue weighted by atomic mass is 32.2. The van der Waals surface area contributed by atoms with E-state index in [1.165, 1.54) is 12.8 Å². The van der Waals surface area contributed by atoms with Crippen molar-refractivity contribution in [2.24, 2.45) is 16.8 Å². The number of sulfone groups is 1. The zero-order valence-corrected chi connectivity index (χ0v) is 15.6. The van der Waals surface area contributed by atoms with Gasteiger partial charge in [-0.05, 0) is 43.9 Å². The molecule has 7 heteroatoms. The fourth-order valence-electron chi connectivity index (χ4n) is 3.89. The minimum atomic E-state index is -2.83. The number of guanidine groups is 1. The van der Waals surface area contributed by atoms with Crippen LogP contribution in [-0.2, 0) is 14.6 Å². The maximum atomic E-state index is 11.6. The fourth-order valence-corrected chi connectivity index (χ4v) is 5.74. The molecule has 3 atom stereocenters. The lowest BCUT2D eigenvalue weighted by Gasteiger charge is -2.34. The van der Waals surface area contributed by atoms with Crippen molar-refractivity contribution in [1.29, 1.82) is 0 Å². The Balaban J connectivity index is 1.60. The second kappa shape index (κ2) is 8.04. The van der Waals surface area contributed by atoms with Crippen LogP contribution in [0.2, 0.25) is 0 Å². The third kappa shape index (κ3) is 5.09. The van der Waals surface area contributed by atoms with Crippen LogP contribution in [0, 0.1) is 11.8 Å². The number of hydrogen-bond donors (Lipinski definition) is 1. The molecule has 0 radical (unpaired) electrons. The van der Waals surface area contributed by atoms with Crippen LogP contribution in [0.5, 0.6) is 0 Å². The molecule has 1 N–H and O–H groups in total. The third-order valence-corrected chi connectivity index (χ3v) is 7.13. The Kier molecular flexibility index (Phi) is 6.02. The SMILES string of the molecule is CC1CCCN(C(=NCC2CCS(=O)(=O)C2)NCC2CCCO2)C1. The molecule has 3 rings (SSSR count). The normalized spacial score (nSPS) is 33.8. The summed E-state index contributed by atoms with van der Waals surface area (Å²) in [5, 5.41) is 3.50. The van der Waals surface area contributed by atoms with E-state index < -0.39 is 9.84 Å². The van der Waals surface area contributed by atoms with E-state index in [-0.39, 0.29) is 12.0 Å². The van der Waals surface area contributed by atoms with Gasteiger partial charge in [0.05, 0.1) is 17.6 Å². The lowest BCUT2D eigenvalue weighted by Crippen LogP contribution is -2.48. The van der Waals surface area contributed by atoms with Gasteiger partial charge in [0.25, 0.3) is 0 Å². The molecule has 3 heterocycles. The first-order chi connectivity index (χ1) is 11.5. The van der Waals surface area contributed by atoms with Gasteiger partial charge in [0, 0.05) is 32.8 Å². The average molecular weight is 358 g/mol. The fraction of sp³-hybridized carbons (Fsp3) is 0.941. The highest BCUT2D eigenvalue weighted by Crippen LogP contribution is 2.20. The van der Waals surface area contributed by atoms with E-state index >= 15 is 0 Å². The molecule has 138 valence electrons. The van der Waals surface area contributed by atoms with Gasteiger partial charge >= 0.3 is 0 Å². The molecule has 24 heavy (non-hydrogen) atoms. The van der Waals surface area contributed by atoms with E-state index in [0.29, 0.717) is 24.0 Å². The largest absolute Gasteiger partial charge is 0.376 e. The van der Waals surface area contributed by atoms with Gasteiger partial charge in [-0.25, -0.2) is 8.42 Å². The van der Waals surface area contributed by atoms with Crippen molar-refractivity contribution in [2.45, 2.75) is 45.1 Å². The first-order valence-electron chi connectivity index (χ1n) is 9.37. The summed E-state index contributed by atoms with van der Waals surface area (Å²) < 4.78 is 29.0. The zero-order valence-electron chi connectivity index (χ0n) is 14.7. The number of piperidine rings is 1. The number of nitrogens with one attached hydrogen (secondary N) is 1. The Morgan fingerprint density at radius 3 is 2.83 bits per heavy atom. The van der Waals surface area contributed by atoms with Crippen molar-refractivity contribution in [3.8, 4) is 0 Å². The standard InChI is InChI=1S/C17H31N3O3S/c1-14-4-2-7-20(12-14)17(19-11-16-5-3-8-23-16)18-10-15-6-9-24(21,22)13-15/h14-16H,2-13H2,1H3,(H,18,19). The van der Waals surface area contributed by atoms with Gasteiger partial charge in [0.15, 0.2) is 15.8 Å². The number of hydrogen-bond acceptors (Lipinski definition) is 4. The van der Waals surface area contributed by atoms with Crippen molar-refractivity contribution < 1.29 is 13.2 Å². The van der Waals surface area contributed by atoms with Crippen molar-refractivity contribution >= 4 is 15.8 Å². The summed E-state index contributed by atoms with van der Waals surface area (Å²) in [6.45, 7) is 6.61. The number of ether oxygens (including phenoxy) is 1. The van der Waals surface area contributed by atoms with Crippen LogP contribution in [0.1, 0.15) is 39.0 Å². The van der Waals surface area contributed by atoms with E-state index in [4.69, 9.17) is 9.73 Å². The molecule has 3 saturated heterocycles. The minimum absolute atomic E-state index is 0.178. The van der Waals surface area contributed by atoms with Gasteiger partial charge in [-0.15, -0.1) is 0 Å². The van der Waals surface area contributed by atoms with Gasteiger partial charge in [-0.3, -0.25) is 4.99 Å². The molecule has 0 saturated carbocycles. The Morgan fingerprint density at radius 2 is 2.17 bits per heavy atom. The average Bonchev–Trinajstić information content (AvgIpc) is 3.17. The Morgan fingerprint density at radius 1 is 1.29 bits per heavy atom. The molecular weight excluding hydrogens is 326 g/mol. The van der Waals surface area contributed by atoms with E-state index in [2.05, 4.69) is 17.1 Å². The van der Waals surface area contributed by atoms with E-state index in [9.17, 15) is 8.42 Å². The molecule has 0 aliphatic carbocycles. The maximum Gasteiger partial charge on any atom is 0.194 e. The van der Waals surface area contributed by atoms with Gasteiger partial charge in [-0.2, -0.15) is 0 Å². The Bertz CT molecular complexity index is 543. The molecule has 0 aromatic rings. The predicted octanol–water partition coefficient (Wildman–Crippen LogP) is 1.28. The van der Waals surface area contributed by atoms with Crippen LogP contribution >= 0.6 is 0 Å². The Labute approximate surface area is 146 Å². The van der Waals surface area contributed by atoms with Crippen LogP contribution in [0.4, 0.5) is 0 Å². The third-order valence-electron chi connectivity index (χ3n) is 5.29. The maximum absolute atomic E-state index is 11.6. The number of aliphatic imine (C=N–C) groups is 1. The lowest BCUT2D eigenvalue weighted by atomic mass is 10.0. The molecule has 0 amide bonds. The molecule has 0 spiro atoms. The van der Waals surface area contributed by atoms with Gasteiger partial charge in [0.2, 0.25) is 0 Å². The van der Waals surface area contributed by atoms with E-state index in [1.807, 2.05) is 0 Å². The minimum Gasteiger partial charge on any atom is -0.376 e. The van der Waals surface area contributed by atoms with Crippen molar-refractivity contribution in [3.63, 3.8) is 0 Å². The molecule has 3 fully saturated rings. The molecule has 3 unspecified atom stereocenters. The first-order valence-corrected chi connectivity index (χ1v) is 11.2. The summed E-state index contributed by atoms with van der Waals surface area (Å²) in [6, 6.07) is 0. The molecule has 3 aliphatic heterocycles. The van der Waals surface area contributed by atoms with Crippen molar-refractivity contribution in [1.82, 2.24) is 10.2 Å². The van der Waals surface area contributed by atoms with Crippen molar-refractivity contribution in [3.05, 3.63) is 0 Å². The molecule has 6 nitrogen and oxygen atoms in total. The van der Waals surface area contributed by atoms with Gasteiger partial charge < -0.3 is 15.0 Å². The number of nitrogens with zero attached hydrogens (tertiary/aromatic N) is 2. The second-order valence-corrected chi connectivity index (χ2v) is 9.87. The highest BCUT2D eigenvalue weighted by Gasteiger charge is 2.28. The van der Waals surface area contributed by atoms with Gasteiger partial charge in [-0.1, -0.05) is 6.92 Å².